The van der Waals surface area contributed by atoms with Crippen LogP contribution in [0.3, 0.4) is 0 Å². The molecule has 4 aromatic rings. The predicted octanol–water partition coefficient (Wildman–Crippen LogP) is 4.60. The van der Waals surface area contributed by atoms with Gasteiger partial charge < -0.3 is 25.5 Å². The molecule has 0 radical (unpaired) electrons. The third-order valence-corrected chi connectivity index (χ3v) is 7.34. The largest absolute Gasteiger partial charge is 0.352 e. The predicted molar refractivity (Wildman–Crippen MR) is 149 cm³/mol. The van der Waals surface area contributed by atoms with E-state index in [1.165, 1.54) is 0 Å². The standard InChI is InChI=1S/C30H35N5O3/c1-30(2,3)26(34-27(36)24-16-19-10-4-6-13-22(19)32-24)28(37)31-18-21-12-8-9-15-35(21)29(38)25-17-20-11-5-7-14-23(20)33-25/h4-7,10-11,13-14,16-17,21,26,32-33H,8-9,12,15,18H2,1-3H3,(H,31,37)(H,34,36)/t21-,26+/m0/s1. The number of nitrogens with one attached hydrogen (secondary N) is 4. The molecular formula is C30H35N5O3. The van der Waals surface area contributed by atoms with E-state index in [0.29, 0.717) is 24.5 Å². The van der Waals surface area contributed by atoms with Crippen LogP contribution < -0.4 is 10.6 Å². The number of aromatic amines is 2. The van der Waals surface area contributed by atoms with Crippen molar-refractivity contribution in [2.75, 3.05) is 13.1 Å². The van der Waals surface area contributed by atoms with Gasteiger partial charge in [0.25, 0.3) is 11.8 Å². The number of benzene rings is 2. The molecular weight excluding hydrogens is 478 g/mol. The van der Waals surface area contributed by atoms with E-state index in [1.807, 2.05) is 80.3 Å². The SMILES string of the molecule is CC(C)(C)[C@H](NC(=O)c1cc2ccccc2[nH]1)C(=O)NC[C@@H]1CCCCN1C(=O)c1cc2ccccc2[nH]1. The number of carbonyl (C=O) groups excluding carboxylic acids is 3. The summed E-state index contributed by atoms with van der Waals surface area (Å²) >= 11 is 0. The van der Waals surface area contributed by atoms with Crippen molar-refractivity contribution in [3.8, 4) is 0 Å². The summed E-state index contributed by atoms with van der Waals surface area (Å²) in [4.78, 5) is 48.1. The van der Waals surface area contributed by atoms with Crippen molar-refractivity contribution in [2.45, 2.75) is 52.1 Å². The highest BCUT2D eigenvalue weighted by molar-refractivity contribution is 6.00. The van der Waals surface area contributed by atoms with Gasteiger partial charge in [-0.3, -0.25) is 14.4 Å². The maximum Gasteiger partial charge on any atom is 0.270 e. The molecule has 0 saturated carbocycles. The molecule has 38 heavy (non-hydrogen) atoms. The van der Waals surface area contributed by atoms with Gasteiger partial charge in [0, 0.05) is 40.9 Å². The van der Waals surface area contributed by atoms with Crippen LogP contribution in [0.5, 0.6) is 0 Å². The minimum atomic E-state index is -0.747. The van der Waals surface area contributed by atoms with E-state index in [4.69, 9.17) is 0 Å². The molecule has 4 N–H and O–H groups in total. The van der Waals surface area contributed by atoms with Gasteiger partial charge in [-0.05, 0) is 48.9 Å². The van der Waals surface area contributed by atoms with Crippen molar-refractivity contribution >= 4 is 39.5 Å². The fourth-order valence-corrected chi connectivity index (χ4v) is 5.22. The highest BCUT2D eigenvalue weighted by Crippen LogP contribution is 2.24. The van der Waals surface area contributed by atoms with Crippen molar-refractivity contribution in [2.24, 2.45) is 5.41 Å². The van der Waals surface area contributed by atoms with Crippen molar-refractivity contribution in [1.29, 1.82) is 0 Å². The van der Waals surface area contributed by atoms with E-state index >= 15 is 0 Å². The zero-order valence-electron chi connectivity index (χ0n) is 22.1. The Labute approximate surface area is 222 Å². The van der Waals surface area contributed by atoms with Crippen LogP contribution >= 0.6 is 0 Å². The molecule has 2 aromatic carbocycles. The summed E-state index contributed by atoms with van der Waals surface area (Å²) in [7, 11) is 0. The molecule has 2 aromatic heterocycles. The quantitative estimate of drug-likeness (QED) is 0.302. The second-order valence-corrected chi connectivity index (χ2v) is 11.2. The smallest absolute Gasteiger partial charge is 0.270 e. The van der Waals surface area contributed by atoms with Gasteiger partial charge in [-0.2, -0.15) is 0 Å². The topological polar surface area (TPSA) is 110 Å². The summed E-state index contributed by atoms with van der Waals surface area (Å²) in [5.74, 6) is -0.644. The first kappa shape index (κ1) is 25.6. The molecule has 8 heteroatoms. The third kappa shape index (κ3) is 5.30. The van der Waals surface area contributed by atoms with Crippen molar-refractivity contribution in [3.63, 3.8) is 0 Å². The van der Waals surface area contributed by atoms with Crippen LogP contribution in [0.1, 0.15) is 61.0 Å². The van der Waals surface area contributed by atoms with Crippen LogP contribution in [-0.4, -0.2) is 57.8 Å². The Balaban J connectivity index is 1.26. The van der Waals surface area contributed by atoms with E-state index in [1.54, 1.807) is 6.07 Å². The maximum atomic E-state index is 13.4. The van der Waals surface area contributed by atoms with Gasteiger partial charge in [-0.25, -0.2) is 0 Å². The molecule has 0 bridgehead atoms. The molecule has 1 fully saturated rings. The number of hydrogen-bond donors (Lipinski definition) is 4. The Hall–Kier alpha value is -4.07. The van der Waals surface area contributed by atoms with Gasteiger partial charge in [0.1, 0.15) is 17.4 Å². The minimum Gasteiger partial charge on any atom is -0.352 e. The van der Waals surface area contributed by atoms with Gasteiger partial charge in [0.2, 0.25) is 5.91 Å². The lowest BCUT2D eigenvalue weighted by atomic mass is 9.86. The fraction of sp³-hybridized carbons (Fsp3) is 0.367. The van der Waals surface area contributed by atoms with Crippen LogP contribution in [0.15, 0.2) is 60.7 Å². The van der Waals surface area contributed by atoms with Crippen LogP contribution in [0.2, 0.25) is 0 Å². The number of aromatic nitrogens is 2. The van der Waals surface area contributed by atoms with Crippen LogP contribution in [0.25, 0.3) is 21.8 Å². The Morgan fingerprint density at radius 2 is 1.53 bits per heavy atom. The number of amides is 3. The van der Waals surface area contributed by atoms with E-state index < -0.39 is 11.5 Å². The second-order valence-electron chi connectivity index (χ2n) is 11.2. The molecule has 0 aliphatic carbocycles. The third-order valence-electron chi connectivity index (χ3n) is 7.34. The van der Waals surface area contributed by atoms with Crippen molar-refractivity contribution in [3.05, 3.63) is 72.1 Å². The number of piperidine rings is 1. The zero-order chi connectivity index (χ0) is 26.9. The van der Waals surface area contributed by atoms with Crippen molar-refractivity contribution in [1.82, 2.24) is 25.5 Å². The number of likely N-dealkylation sites (tertiary alicyclic amines) is 1. The normalized spacial score (nSPS) is 16.9. The number of hydrogen-bond acceptors (Lipinski definition) is 3. The van der Waals surface area contributed by atoms with Crippen molar-refractivity contribution < 1.29 is 14.4 Å². The van der Waals surface area contributed by atoms with Gasteiger partial charge in [-0.15, -0.1) is 0 Å². The molecule has 3 heterocycles. The number of carbonyl (C=O) groups is 3. The van der Waals surface area contributed by atoms with Gasteiger partial charge in [0.15, 0.2) is 0 Å². The Kier molecular flexibility index (Phi) is 6.97. The van der Waals surface area contributed by atoms with Crippen LogP contribution in [-0.2, 0) is 4.79 Å². The average Bonchev–Trinajstić information content (AvgIpc) is 3.54. The summed E-state index contributed by atoms with van der Waals surface area (Å²) < 4.78 is 0. The zero-order valence-corrected chi connectivity index (χ0v) is 22.1. The van der Waals surface area contributed by atoms with Gasteiger partial charge in [0.05, 0.1) is 0 Å². The molecule has 1 aliphatic rings. The molecule has 198 valence electrons. The summed E-state index contributed by atoms with van der Waals surface area (Å²) in [6, 6.07) is 18.3. The minimum absolute atomic E-state index is 0.0559. The molecule has 2 atom stereocenters. The summed E-state index contributed by atoms with van der Waals surface area (Å²) in [5.41, 5.74) is 2.25. The molecule has 0 unspecified atom stereocenters. The summed E-state index contributed by atoms with van der Waals surface area (Å²) in [6.45, 7) is 6.76. The number of H-pyrrole nitrogens is 2. The first-order chi connectivity index (χ1) is 18.2. The molecule has 1 aliphatic heterocycles. The second kappa shape index (κ2) is 10.4. The lowest BCUT2D eigenvalue weighted by Crippen LogP contribution is -2.56. The number of fused-ring (bicyclic) bond motifs is 2. The fourth-order valence-electron chi connectivity index (χ4n) is 5.22. The monoisotopic (exact) mass is 513 g/mol. The molecule has 0 spiro atoms. The first-order valence-corrected chi connectivity index (χ1v) is 13.3. The van der Waals surface area contributed by atoms with E-state index in [-0.39, 0.29) is 23.8 Å². The van der Waals surface area contributed by atoms with E-state index in [9.17, 15) is 14.4 Å². The van der Waals surface area contributed by atoms with Crippen LogP contribution in [0, 0.1) is 5.41 Å². The lowest BCUT2D eigenvalue weighted by molar-refractivity contribution is -0.125. The maximum absolute atomic E-state index is 13.4. The van der Waals surface area contributed by atoms with E-state index in [0.717, 1.165) is 41.1 Å². The highest BCUT2D eigenvalue weighted by atomic mass is 16.2. The van der Waals surface area contributed by atoms with Gasteiger partial charge in [-0.1, -0.05) is 57.2 Å². The molecule has 3 amide bonds. The van der Waals surface area contributed by atoms with E-state index in [2.05, 4.69) is 20.6 Å². The van der Waals surface area contributed by atoms with Gasteiger partial charge >= 0.3 is 0 Å². The Morgan fingerprint density at radius 3 is 2.16 bits per heavy atom. The number of rotatable bonds is 6. The molecule has 8 nitrogen and oxygen atoms in total. The molecule has 5 rings (SSSR count). The molecule has 1 saturated heterocycles. The average molecular weight is 514 g/mol. The summed E-state index contributed by atoms with van der Waals surface area (Å²) in [6.07, 6.45) is 2.74. The highest BCUT2D eigenvalue weighted by Gasteiger charge is 2.35. The number of para-hydroxylation sites is 2. The first-order valence-electron chi connectivity index (χ1n) is 13.3. The Bertz CT molecular complexity index is 1410. The lowest BCUT2D eigenvalue weighted by Gasteiger charge is -2.36. The van der Waals surface area contributed by atoms with Crippen LogP contribution in [0.4, 0.5) is 0 Å². The summed E-state index contributed by atoms with van der Waals surface area (Å²) in [5, 5.41) is 7.90. The number of nitrogens with zero attached hydrogens (tertiary/aromatic N) is 1. The Morgan fingerprint density at radius 1 is 0.921 bits per heavy atom.